The molecule has 1 heterocycles. The van der Waals surface area contributed by atoms with E-state index in [1.54, 1.807) is 12.2 Å². The number of aliphatic hydroxyl groups excluding tert-OH is 1. The predicted molar refractivity (Wildman–Crippen MR) is 133 cm³/mol. The fourth-order valence-electron chi connectivity index (χ4n) is 8.50. The summed E-state index contributed by atoms with van der Waals surface area (Å²) in [6, 6.07) is 7.48. The molecule has 0 spiro atoms. The smallest absolute Gasteiger partial charge is 0.205 e. The van der Waals surface area contributed by atoms with Crippen LogP contribution in [-0.4, -0.2) is 54.9 Å². The number of anilines is 1. The molecule has 1 aromatic rings. The Morgan fingerprint density at radius 3 is 2.78 bits per heavy atom. The van der Waals surface area contributed by atoms with Crippen LogP contribution in [0.1, 0.15) is 39.5 Å². The summed E-state index contributed by atoms with van der Waals surface area (Å²) < 4.78 is 18.2. The van der Waals surface area contributed by atoms with Gasteiger partial charge in [-0.05, 0) is 73.9 Å². The highest BCUT2D eigenvalue weighted by atomic mass is 16.7. The topological polar surface area (TPSA) is 94.1 Å². The molecule has 8 unspecified atom stereocenters. The van der Waals surface area contributed by atoms with Crippen LogP contribution in [0.4, 0.5) is 5.69 Å². The Hall–Kier alpha value is -2.48. The van der Waals surface area contributed by atoms with Gasteiger partial charge in [0.25, 0.3) is 0 Å². The lowest BCUT2D eigenvalue weighted by Crippen LogP contribution is -2.63. The normalized spacial score (nSPS) is 42.6. The number of hydrogen-bond acceptors (Lipinski definition) is 7. The summed E-state index contributed by atoms with van der Waals surface area (Å²) >= 11 is 0. The van der Waals surface area contributed by atoms with Crippen LogP contribution in [0.3, 0.4) is 0 Å². The number of aliphatic hydroxyl groups is 1. The molecule has 3 saturated carbocycles. The number of ketones is 2. The minimum atomic E-state index is -1.13. The van der Waals surface area contributed by atoms with E-state index in [2.05, 4.69) is 19.2 Å². The first-order valence-corrected chi connectivity index (χ1v) is 13.0. The highest BCUT2D eigenvalue weighted by Crippen LogP contribution is 2.69. The molecule has 8 atom stereocenters. The Kier molecular flexibility index (Phi) is 5.49. The van der Waals surface area contributed by atoms with Gasteiger partial charge < -0.3 is 24.6 Å². The third kappa shape index (κ3) is 3.15. The van der Waals surface area contributed by atoms with Crippen LogP contribution >= 0.6 is 0 Å². The summed E-state index contributed by atoms with van der Waals surface area (Å²) in [4.78, 5) is 26.0. The van der Waals surface area contributed by atoms with E-state index >= 15 is 0 Å². The van der Waals surface area contributed by atoms with E-state index in [-0.39, 0.29) is 54.2 Å². The zero-order valence-corrected chi connectivity index (χ0v) is 21.2. The highest BCUT2D eigenvalue weighted by Gasteiger charge is 2.74. The monoisotopic (exact) mass is 493 g/mol. The van der Waals surface area contributed by atoms with Crippen LogP contribution in [0.25, 0.3) is 0 Å². The van der Waals surface area contributed by atoms with Gasteiger partial charge in [0, 0.05) is 29.5 Å². The lowest BCUT2D eigenvalue weighted by molar-refractivity contribution is -0.185. The summed E-state index contributed by atoms with van der Waals surface area (Å²) in [5, 5.41) is 14.7. The van der Waals surface area contributed by atoms with Crippen molar-refractivity contribution >= 4 is 17.3 Å². The van der Waals surface area contributed by atoms with Crippen molar-refractivity contribution in [1.82, 2.24) is 0 Å². The van der Waals surface area contributed by atoms with Crippen molar-refractivity contribution in [3.05, 3.63) is 48.1 Å². The standard InChI is InChI=1S/C29H35NO6/c1-27-11-10-19(31)12-17(27)4-9-21-22-13-25-29(36-16-35-25,28(22,2)14-23(32)26(21)27)24(33)15-34-20-7-5-18(30-3)6-8-20/h5-8,10-12,21-23,25-26,30,32H,4,9,13-16H2,1-3H3. The fourth-order valence-corrected chi connectivity index (χ4v) is 8.50. The molecule has 6 rings (SSSR count). The summed E-state index contributed by atoms with van der Waals surface area (Å²) in [7, 11) is 1.85. The van der Waals surface area contributed by atoms with Gasteiger partial charge in [0.2, 0.25) is 5.78 Å². The van der Waals surface area contributed by atoms with Crippen LogP contribution in [0.2, 0.25) is 0 Å². The number of fused-ring (bicyclic) bond motifs is 7. The SMILES string of the molecule is CNc1ccc(OCC(=O)C23OCOC2CC2C4CCC5=CC(=O)C=CC5(C)C4C(O)CC23C)cc1. The Bertz CT molecular complexity index is 1140. The number of benzene rings is 1. The minimum absolute atomic E-state index is 0.00663. The zero-order valence-electron chi connectivity index (χ0n) is 21.2. The van der Waals surface area contributed by atoms with Gasteiger partial charge in [-0.3, -0.25) is 9.59 Å². The van der Waals surface area contributed by atoms with Crippen LogP contribution in [-0.2, 0) is 19.1 Å². The number of ether oxygens (including phenoxy) is 3. The summed E-state index contributed by atoms with van der Waals surface area (Å²) in [5.41, 5.74) is 0.0266. The minimum Gasteiger partial charge on any atom is -0.486 e. The maximum Gasteiger partial charge on any atom is 0.205 e. The van der Waals surface area contributed by atoms with Crippen LogP contribution in [0.15, 0.2) is 48.1 Å². The molecule has 36 heavy (non-hydrogen) atoms. The van der Waals surface area contributed by atoms with Gasteiger partial charge in [-0.25, -0.2) is 0 Å². The van der Waals surface area contributed by atoms with E-state index in [0.717, 1.165) is 30.5 Å². The molecule has 7 heteroatoms. The molecular weight excluding hydrogens is 458 g/mol. The molecule has 5 aliphatic rings. The van der Waals surface area contributed by atoms with Gasteiger partial charge in [0.1, 0.15) is 19.1 Å². The largest absolute Gasteiger partial charge is 0.486 e. The lowest BCUT2D eigenvalue weighted by atomic mass is 9.46. The Labute approximate surface area is 211 Å². The molecule has 7 nitrogen and oxygen atoms in total. The Morgan fingerprint density at radius 1 is 1.25 bits per heavy atom. The van der Waals surface area contributed by atoms with Crippen molar-refractivity contribution in [3.63, 3.8) is 0 Å². The summed E-state index contributed by atoms with van der Waals surface area (Å²) in [5.74, 6) is 0.891. The quantitative estimate of drug-likeness (QED) is 0.646. The fraction of sp³-hybridized carbons (Fsp3) is 0.586. The van der Waals surface area contributed by atoms with Crippen molar-refractivity contribution in [2.24, 2.45) is 28.6 Å². The maximum atomic E-state index is 13.9. The second-order valence-corrected chi connectivity index (χ2v) is 11.6. The van der Waals surface area contributed by atoms with Gasteiger partial charge in [-0.1, -0.05) is 25.5 Å². The molecule has 1 saturated heterocycles. The molecule has 192 valence electrons. The van der Waals surface area contributed by atoms with Crippen molar-refractivity contribution in [1.29, 1.82) is 0 Å². The molecule has 0 radical (unpaired) electrons. The van der Waals surface area contributed by atoms with E-state index in [1.165, 1.54) is 0 Å². The number of carbonyl (C=O) groups excluding carboxylic acids is 2. The van der Waals surface area contributed by atoms with Crippen molar-refractivity contribution in [3.8, 4) is 5.75 Å². The molecule has 0 bridgehead atoms. The third-order valence-electron chi connectivity index (χ3n) is 10.1. The van der Waals surface area contributed by atoms with E-state index < -0.39 is 17.1 Å². The van der Waals surface area contributed by atoms with Gasteiger partial charge in [0.15, 0.2) is 11.4 Å². The Balaban J connectivity index is 1.29. The van der Waals surface area contributed by atoms with Crippen LogP contribution < -0.4 is 10.1 Å². The molecule has 0 aromatic heterocycles. The molecule has 4 fully saturated rings. The number of Topliss-reactive ketones (excluding diaryl/α,β-unsaturated/α-hetero) is 1. The maximum absolute atomic E-state index is 13.9. The second kappa shape index (κ2) is 8.27. The summed E-state index contributed by atoms with van der Waals surface area (Å²) in [6.07, 6.45) is 7.33. The molecule has 4 aliphatic carbocycles. The van der Waals surface area contributed by atoms with Gasteiger partial charge in [-0.2, -0.15) is 0 Å². The van der Waals surface area contributed by atoms with Gasteiger partial charge in [0.05, 0.1) is 12.2 Å². The number of carbonyl (C=O) groups is 2. The van der Waals surface area contributed by atoms with Crippen LogP contribution in [0, 0.1) is 28.6 Å². The Morgan fingerprint density at radius 2 is 2.03 bits per heavy atom. The predicted octanol–water partition coefficient (Wildman–Crippen LogP) is 3.68. The number of hydrogen-bond donors (Lipinski definition) is 2. The second-order valence-electron chi connectivity index (χ2n) is 11.6. The third-order valence-corrected chi connectivity index (χ3v) is 10.1. The molecule has 1 aliphatic heterocycles. The van der Waals surface area contributed by atoms with E-state index in [9.17, 15) is 14.7 Å². The number of nitrogens with one attached hydrogen (secondary N) is 1. The zero-order chi connectivity index (χ0) is 25.3. The molecular formula is C29H35NO6. The van der Waals surface area contributed by atoms with Gasteiger partial charge >= 0.3 is 0 Å². The first-order chi connectivity index (χ1) is 17.2. The highest BCUT2D eigenvalue weighted by molar-refractivity contribution is 6.01. The molecule has 2 N–H and O–H groups in total. The summed E-state index contributed by atoms with van der Waals surface area (Å²) in [6.45, 7) is 4.23. The lowest BCUT2D eigenvalue weighted by Gasteiger charge is -2.59. The van der Waals surface area contributed by atoms with Crippen molar-refractivity contribution in [2.45, 2.75) is 57.3 Å². The number of rotatable bonds is 5. The van der Waals surface area contributed by atoms with Crippen molar-refractivity contribution < 1.29 is 28.9 Å². The van der Waals surface area contributed by atoms with Crippen LogP contribution in [0.5, 0.6) is 5.75 Å². The van der Waals surface area contributed by atoms with E-state index in [0.29, 0.717) is 12.2 Å². The molecule has 1 aromatic carbocycles. The van der Waals surface area contributed by atoms with E-state index in [4.69, 9.17) is 14.2 Å². The molecule has 0 amide bonds. The van der Waals surface area contributed by atoms with E-state index in [1.807, 2.05) is 37.4 Å². The first kappa shape index (κ1) is 23.9. The van der Waals surface area contributed by atoms with Crippen molar-refractivity contribution in [2.75, 3.05) is 25.8 Å². The average molecular weight is 494 g/mol. The van der Waals surface area contributed by atoms with Gasteiger partial charge in [-0.15, -0.1) is 0 Å². The average Bonchev–Trinajstić information content (AvgIpc) is 3.40. The number of allylic oxidation sites excluding steroid dienone is 4. The first-order valence-electron chi connectivity index (χ1n) is 13.0.